The van der Waals surface area contributed by atoms with Crippen LogP contribution in [0.1, 0.15) is 335 Å². The van der Waals surface area contributed by atoms with Gasteiger partial charge < -0.3 is 14.2 Å². The van der Waals surface area contributed by atoms with Gasteiger partial charge in [-0.1, -0.05) is 299 Å². The standard InChI is InChI=1S/C70H124O6/c1-4-7-10-13-16-18-20-22-24-26-27-28-29-30-31-32-33-34-35-36-37-38-39-40-41-42-43-44-46-47-49-51-54-57-60-63-69(72)75-66-67(65-74-68(71)62-59-56-53-15-12-9-6-3)76-70(73)64-61-58-55-52-50-48-45-25-23-21-19-17-14-11-8-5-2/h7,10,16,18,22,24-25,27-28,30-31,45,67H,4-6,8-9,11-15,17,19-21,23,26,29,32-44,46-66H2,1-3H3/b10-7-,18-16-,24-22-,28-27-,31-30-,45-25-. The van der Waals surface area contributed by atoms with Crippen LogP contribution in [-0.2, 0) is 28.6 Å². The summed E-state index contributed by atoms with van der Waals surface area (Å²) in [6, 6.07) is 0. The summed E-state index contributed by atoms with van der Waals surface area (Å²) in [7, 11) is 0. The zero-order valence-electron chi connectivity index (χ0n) is 50.5. The van der Waals surface area contributed by atoms with E-state index in [-0.39, 0.29) is 31.1 Å². The number of hydrogen-bond donors (Lipinski definition) is 0. The lowest BCUT2D eigenvalue weighted by Gasteiger charge is -2.18. The molecular weight excluding hydrogens is 937 g/mol. The van der Waals surface area contributed by atoms with E-state index in [1.54, 1.807) is 0 Å². The molecule has 0 saturated carbocycles. The van der Waals surface area contributed by atoms with Crippen LogP contribution in [0, 0.1) is 0 Å². The van der Waals surface area contributed by atoms with Gasteiger partial charge in [0.25, 0.3) is 0 Å². The molecule has 0 heterocycles. The monoisotopic (exact) mass is 1060 g/mol. The summed E-state index contributed by atoms with van der Waals surface area (Å²) >= 11 is 0. The fourth-order valence-electron chi connectivity index (χ4n) is 9.53. The first kappa shape index (κ1) is 72.8. The van der Waals surface area contributed by atoms with Gasteiger partial charge in [0, 0.05) is 19.3 Å². The van der Waals surface area contributed by atoms with Crippen molar-refractivity contribution < 1.29 is 28.6 Å². The maximum Gasteiger partial charge on any atom is 0.306 e. The summed E-state index contributed by atoms with van der Waals surface area (Å²) < 4.78 is 16.8. The molecule has 0 aromatic carbocycles. The zero-order chi connectivity index (χ0) is 55.0. The normalized spacial score (nSPS) is 12.5. The minimum Gasteiger partial charge on any atom is -0.462 e. The van der Waals surface area contributed by atoms with Crippen molar-refractivity contribution in [1.82, 2.24) is 0 Å². The van der Waals surface area contributed by atoms with Crippen LogP contribution in [0.3, 0.4) is 0 Å². The quantitative estimate of drug-likeness (QED) is 0.0261. The van der Waals surface area contributed by atoms with Crippen LogP contribution in [0.25, 0.3) is 0 Å². The van der Waals surface area contributed by atoms with Crippen molar-refractivity contribution in [1.29, 1.82) is 0 Å². The number of carbonyl (C=O) groups excluding carboxylic acids is 3. The number of esters is 3. The molecule has 0 spiro atoms. The van der Waals surface area contributed by atoms with Gasteiger partial charge in [-0.25, -0.2) is 0 Å². The van der Waals surface area contributed by atoms with Gasteiger partial charge in [0.15, 0.2) is 6.10 Å². The molecule has 1 atom stereocenters. The summed E-state index contributed by atoms with van der Waals surface area (Å²) in [5.74, 6) is -0.872. The average molecular weight is 1060 g/mol. The molecule has 0 aliphatic rings. The van der Waals surface area contributed by atoms with Gasteiger partial charge in [0.1, 0.15) is 13.2 Å². The molecule has 0 bridgehead atoms. The lowest BCUT2D eigenvalue weighted by atomic mass is 10.0. The van der Waals surface area contributed by atoms with E-state index < -0.39 is 6.10 Å². The van der Waals surface area contributed by atoms with Gasteiger partial charge >= 0.3 is 17.9 Å². The number of carbonyl (C=O) groups is 3. The third-order valence-electron chi connectivity index (χ3n) is 14.4. The third-order valence-corrected chi connectivity index (χ3v) is 14.4. The largest absolute Gasteiger partial charge is 0.462 e. The molecule has 440 valence electrons. The highest BCUT2D eigenvalue weighted by Gasteiger charge is 2.19. The van der Waals surface area contributed by atoms with Crippen LogP contribution in [0.15, 0.2) is 72.9 Å². The van der Waals surface area contributed by atoms with Gasteiger partial charge in [-0.05, 0) is 89.9 Å². The van der Waals surface area contributed by atoms with Crippen LogP contribution < -0.4 is 0 Å². The van der Waals surface area contributed by atoms with Crippen LogP contribution >= 0.6 is 0 Å². The third kappa shape index (κ3) is 61.7. The first-order valence-electron chi connectivity index (χ1n) is 32.9. The van der Waals surface area contributed by atoms with E-state index in [4.69, 9.17) is 14.2 Å². The molecule has 0 fully saturated rings. The molecule has 0 N–H and O–H groups in total. The molecule has 0 radical (unpaired) electrons. The minimum atomic E-state index is -0.773. The number of hydrogen-bond acceptors (Lipinski definition) is 6. The van der Waals surface area contributed by atoms with Crippen LogP contribution in [0.2, 0.25) is 0 Å². The van der Waals surface area contributed by atoms with E-state index in [2.05, 4.69) is 93.7 Å². The van der Waals surface area contributed by atoms with E-state index in [9.17, 15) is 14.4 Å². The Balaban J connectivity index is 3.97. The average Bonchev–Trinajstić information content (AvgIpc) is 3.42. The molecule has 0 rings (SSSR count). The Labute approximate surface area is 472 Å². The fraction of sp³-hybridized carbons (Fsp3) is 0.786. The molecular formula is C70H124O6. The number of ether oxygens (including phenoxy) is 3. The Kier molecular flexibility index (Phi) is 61.7. The second-order valence-electron chi connectivity index (χ2n) is 22.0. The summed E-state index contributed by atoms with van der Waals surface area (Å²) in [5.41, 5.74) is 0. The van der Waals surface area contributed by atoms with Crippen LogP contribution in [-0.4, -0.2) is 37.2 Å². The van der Waals surface area contributed by atoms with Crippen LogP contribution in [0.5, 0.6) is 0 Å². The van der Waals surface area contributed by atoms with Crippen molar-refractivity contribution >= 4 is 17.9 Å². The molecule has 0 aliphatic heterocycles. The lowest BCUT2D eigenvalue weighted by Crippen LogP contribution is -2.30. The topological polar surface area (TPSA) is 78.9 Å². The summed E-state index contributed by atoms with van der Waals surface area (Å²) in [5, 5.41) is 0. The number of rotatable bonds is 60. The summed E-state index contributed by atoms with van der Waals surface area (Å²) in [4.78, 5) is 38.0. The van der Waals surface area contributed by atoms with Crippen molar-refractivity contribution in [3.63, 3.8) is 0 Å². The Morgan fingerprint density at radius 3 is 0.816 bits per heavy atom. The van der Waals surface area contributed by atoms with E-state index in [0.717, 1.165) is 96.3 Å². The molecule has 76 heavy (non-hydrogen) atoms. The van der Waals surface area contributed by atoms with E-state index in [1.807, 2.05) is 0 Å². The highest BCUT2D eigenvalue weighted by molar-refractivity contribution is 5.71. The summed E-state index contributed by atoms with van der Waals surface area (Å²) in [6.07, 6.45) is 83.8. The van der Waals surface area contributed by atoms with Crippen molar-refractivity contribution in [2.75, 3.05) is 13.2 Å². The maximum atomic E-state index is 12.8. The van der Waals surface area contributed by atoms with Gasteiger partial charge in [0.2, 0.25) is 0 Å². The molecule has 0 aliphatic carbocycles. The molecule has 1 unspecified atom stereocenters. The van der Waals surface area contributed by atoms with E-state index >= 15 is 0 Å². The van der Waals surface area contributed by atoms with Gasteiger partial charge in [-0.15, -0.1) is 0 Å². The molecule has 0 aromatic rings. The highest BCUT2D eigenvalue weighted by Crippen LogP contribution is 2.17. The van der Waals surface area contributed by atoms with Crippen LogP contribution in [0.4, 0.5) is 0 Å². The predicted octanol–water partition coefficient (Wildman–Crippen LogP) is 22.5. The van der Waals surface area contributed by atoms with Crippen molar-refractivity contribution in [3.05, 3.63) is 72.9 Å². The summed E-state index contributed by atoms with van der Waals surface area (Å²) in [6.45, 7) is 6.51. The van der Waals surface area contributed by atoms with Crippen molar-refractivity contribution in [2.24, 2.45) is 0 Å². The molecule has 6 heteroatoms. The maximum absolute atomic E-state index is 12.8. The van der Waals surface area contributed by atoms with Gasteiger partial charge in [0.05, 0.1) is 0 Å². The predicted molar refractivity (Wildman–Crippen MR) is 330 cm³/mol. The second-order valence-corrected chi connectivity index (χ2v) is 22.0. The van der Waals surface area contributed by atoms with E-state index in [1.165, 1.54) is 199 Å². The smallest absolute Gasteiger partial charge is 0.306 e. The van der Waals surface area contributed by atoms with E-state index in [0.29, 0.717) is 19.3 Å². The SMILES string of the molecule is CC/C=C\C/C=C\C/C=C\C/C=C\C/C=C\CCCCCCCCCCCCCCCCCCCCCC(=O)OCC(COC(=O)CCCCCCCCC)OC(=O)CCCCCCC/C=C\CCCCCCCCC. The van der Waals surface area contributed by atoms with Gasteiger partial charge in [-0.2, -0.15) is 0 Å². The Hall–Kier alpha value is -3.15. The van der Waals surface area contributed by atoms with Crippen molar-refractivity contribution in [3.8, 4) is 0 Å². The second kappa shape index (κ2) is 64.4. The Bertz CT molecular complexity index is 1400. The number of unbranched alkanes of at least 4 members (excludes halogenated alkanes) is 37. The first-order valence-corrected chi connectivity index (χ1v) is 32.9. The number of allylic oxidation sites excluding steroid dienone is 12. The molecule has 6 nitrogen and oxygen atoms in total. The lowest BCUT2D eigenvalue weighted by molar-refractivity contribution is -0.167. The highest BCUT2D eigenvalue weighted by atomic mass is 16.6. The molecule has 0 amide bonds. The Morgan fingerprint density at radius 1 is 0.276 bits per heavy atom. The first-order chi connectivity index (χ1) is 37.5. The molecule has 0 saturated heterocycles. The molecule has 0 aromatic heterocycles. The zero-order valence-corrected chi connectivity index (χ0v) is 50.5. The minimum absolute atomic E-state index is 0.0733. The van der Waals surface area contributed by atoms with Gasteiger partial charge in [-0.3, -0.25) is 14.4 Å². The fourth-order valence-corrected chi connectivity index (χ4v) is 9.53. The van der Waals surface area contributed by atoms with Crippen molar-refractivity contribution in [2.45, 2.75) is 341 Å². The Morgan fingerprint density at radius 2 is 0.513 bits per heavy atom.